The first-order valence-electron chi connectivity index (χ1n) is 7.50. The van der Waals surface area contributed by atoms with Crippen molar-refractivity contribution in [2.24, 2.45) is 0 Å². The Hall–Kier alpha value is -2.07. The summed E-state index contributed by atoms with van der Waals surface area (Å²) in [5.74, 6) is -0.941. The fourth-order valence-corrected chi connectivity index (χ4v) is 2.38. The lowest BCUT2D eigenvalue weighted by atomic mass is 9.82. The first kappa shape index (κ1) is 18.0. The van der Waals surface area contributed by atoms with Crippen LogP contribution in [0.15, 0.2) is 59.9 Å². The van der Waals surface area contributed by atoms with E-state index < -0.39 is 11.5 Å². The molecule has 1 unspecified atom stereocenters. The van der Waals surface area contributed by atoms with E-state index in [1.165, 1.54) is 0 Å². The zero-order valence-corrected chi connectivity index (χ0v) is 13.5. The van der Waals surface area contributed by atoms with Gasteiger partial charge in [0, 0.05) is 5.57 Å². The monoisotopic (exact) mass is 303 g/mol. The highest BCUT2D eigenvalue weighted by Gasteiger charge is 2.42. The number of unbranched alkanes of at least 4 members (excludes halogenated alkanes) is 1. The summed E-state index contributed by atoms with van der Waals surface area (Å²) in [6.07, 6.45) is 16.9. The lowest BCUT2D eigenvalue weighted by Crippen LogP contribution is -2.54. The van der Waals surface area contributed by atoms with Gasteiger partial charge in [0.05, 0.1) is 6.26 Å². The van der Waals surface area contributed by atoms with Gasteiger partial charge in [-0.1, -0.05) is 49.8 Å². The average molecular weight is 303 g/mol. The highest BCUT2D eigenvalue weighted by atomic mass is 16.5. The van der Waals surface area contributed by atoms with E-state index in [-0.39, 0.29) is 6.61 Å². The van der Waals surface area contributed by atoms with Gasteiger partial charge in [-0.15, -0.1) is 0 Å². The molecule has 0 aliphatic carbocycles. The van der Waals surface area contributed by atoms with E-state index in [0.29, 0.717) is 11.1 Å². The maximum atomic E-state index is 11.9. The third-order valence-electron chi connectivity index (χ3n) is 3.64. The van der Waals surface area contributed by atoms with Crippen molar-refractivity contribution in [3.8, 4) is 0 Å². The normalized spacial score (nSPS) is 18.3. The van der Waals surface area contributed by atoms with Crippen molar-refractivity contribution in [3.63, 3.8) is 0 Å². The van der Waals surface area contributed by atoms with Crippen molar-refractivity contribution < 1.29 is 14.6 Å². The Balaban J connectivity index is 3.03. The first-order valence-corrected chi connectivity index (χ1v) is 7.50. The van der Waals surface area contributed by atoms with Crippen molar-refractivity contribution in [1.29, 1.82) is 0 Å². The molecule has 22 heavy (non-hydrogen) atoms. The predicted molar refractivity (Wildman–Crippen MR) is 89.5 cm³/mol. The molecule has 120 valence electrons. The molecule has 1 rings (SSSR count). The van der Waals surface area contributed by atoms with Crippen LogP contribution in [0.3, 0.4) is 0 Å². The van der Waals surface area contributed by atoms with E-state index in [1.807, 2.05) is 31.2 Å². The largest absolute Gasteiger partial charge is 0.497 e. The molecule has 4 nitrogen and oxygen atoms in total. The Morgan fingerprint density at radius 2 is 2.23 bits per heavy atom. The number of hydrogen-bond donors (Lipinski definition) is 2. The van der Waals surface area contributed by atoms with Crippen molar-refractivity contribution in [2.75, 3.05) is 13.7 Å². The number of rotatable bonds is 8. The van der Waals surface area contributed by atoms with Gasteiger partial charge in [-0.25, -0.2) is 4.79 Å². The molecule has 0 aromatic carbocycles. The van der Waals surface area contributed by atoms with Crippen LogP contribution in [-0.4, -0.2) is 30.3 Å². The van der Waals surface area contributed by atoms with Gasteiger partial charge in [0.2, 0.25) is 0 Å². The molecule has 0 saturated heterocycles. The van der Waals surface area contributed by atoms with Gasteiger partial charge in [0.25, 0.3) is 0 Å². The van der Waals surface area contributed by atoms with Gasteiger partial charge < -0.3 is 9.84 Å². The van der Waals surface area contributed by atoms with E-state index >= 15 is 0 Å². The average Bonchev–Trinajstić information content (AvgIpc) is 2.52. The first-order chi connectivity index (χ1) is 10.6. The maximum absolute atomic E-state index is 11.9. The SMILES string of the molecule is CCCC=CC=CC=C(C)C(NC)(C(=O)O)C1=CC=COC1. The standard InChI is InChI=1S/C18H25NO3/c1-4-5-6-7-8-9-11-15(2)18(19-3,17(20)21)16-12-10-13-22-14-16/h6-13,19H,4-5,14H2,1-3H3,(H,20,21). The summed E-state index contributed by atoms with van der Waals surface area (Å²) >= 11 is 0. The van der Waals surface area contributed by atoms with Gasteiger partial charge >= 0.3 is 5.97 Å². The second kappa shape index (κ2) is 9.05. The van der Waals surface area contributed by atoms with Crippen molar-refractivity contribution >= 4 is 5.97 Å². The molecule has 0 saturated carbocycles. The van der Waals surface area contributed by atoms with E-state index in [2.05, 4.69) is 18.3 Å². The number of likely N-dealkylation sites (N-methyl/N-ethyl adjacent to an activating group) is 1. The molecule has 4 heteroatoms. The van der Waals surface area contributed by atoms with Crippen LogP contribution in [0, 0.1) is 0 Å². The second-order valence-corrected chi connectivity index (χ2v) is 5.09. The van der Waals surface area contributed by atoms with Crippen molar-refractivity contribution in [3.05, 3.63) is 59.9 Å². The summed E-state index contributed by atoms with van der Waals surface area (Å²) in [6, 6.07) is 0. The van der Waals surface area contributed by atoms with Crippen LogP contribution in [0.1, 0.15) is 26.7 Å². The van der Waals surface area contributed by atoms with Crippen LogP contribution in [0.2, 0.25) is 0 Å². The minimum absolute atomic E-state index is 0.259. The third kappa shape index (κ3) is 4.21. The maximum Gasteiger partial charge on any atom is 0.332 e. The molecule has 1 heterocycles. The molecule has 0 aromatic rings. The van der Waals surface area contributed by atoms with Crippen LogP contribution in [0.4, 0.5) is 0 Å². The van der Waals surface area contributed by atoms with Crippen LogP contribution in [0.5, 0.6) is 0 Å². The fraction of sp³-hybridized carbons (Fsp3) is 0.389. The van der Waals surface area contributed by atoms with E-state index in [4.69, 9.17) is 4.74 Å². The molecule has 1 aliphatic rings. The number of ether oxygens (including phenoxy) is 1. The number of carbonyl (C=O) groups is 1. The fourth-order valence-electron chi connectivity index (χ4n) is 2.38. The Morgan fingerprint density at radius 3 is 2.77 bits per heavy atom. The van der Waals surface area contributed by atoms with Gasteiger partial charge in [0.1, 0.15) is 6.61 Å². The Kier molecular flexibility index (Phi) is 7.40. The number of aliphatic carboxylic acids is 1. The minimum Gasteiger partial charge on any atom is -0.497 e. The smallest absolute Gasteiger partial charge is 0.332 e. The number of carboxylic acid groups (broad SMARTS) is 1. The molecule has 0 aromatic heterocycles. The zero-order chi connectivity index (χ0) is 16.4. The Labute approximate surface area is 132 Å². The van der Waals surface area contributed by atoms with Gasteiger partial charge in [-0.05, 0) is 32.0 Å². The Bertz CT molecular complexity index is 526. The molecule has 0 radical (unpaired) electrons. The Morgan fingerprint density at radius 1 is 1.45 bits per heavy atom. The zero-order valence-electron chi connectivity index (χ0n) is 13.5. The molecular weight excluding hydrogens is 278 g/mol. The molecule has 0 bridgehead atoms. The molecule has 0 spiro atoms. The molecule has 0 amide bonds. The van der Waals surface area contributed by atoms with Crippen molar-refractivity contribution in [2.45, 2.75) is 32.2 Å². The molecule has 1 atom stereocenters. The lowest BCUT2D eigenvalue weighted by Gasteiger charge is -2.33. The predicted octanol–water partition coefficient (Wildman–Crippen LogP) is 3.36. The summed E-state index contributed by atoms with van der Waals surface area (Å²) in [5, 5.41) is 12.7. The van der Waals surface area contributed by atoms with Crippen molar-refractivity contribution in [1.82, 2.24) is 5.32 Å². The number of allylic oxidation sites excluding steroid dienone is 7. The highest BCUT2D eigenvalue weighted by molar-refractivity contribution is 5.88. The minimum atomic E-state index is -1.25. The number of nitrogens with one attached hydrogen (secondary N) is 1. The third-order valence-corrected chi connectivity index (χ3v) is 3.64. The van der Waals surface area contributed by atoms with Crippen LogP contribution < -0.4 is 5.32 Å². The molecule has 1 aliphatic heterocycles. The van der Waals surface area contributed by atoms with E-state index in [9.17, 15) is 9.90 Å². The highest BCUT2D eigenvalue weighted by Crippen LogP contribution is 2.28. The van der Waals surface area contributed by atoms with Crippen LogP contribution in [-0.2, 0) is 9.53 Å². The summed E-state index contributed by atoms with van der Waals surface area (Å²) < 4.78 is 5.25. The molecular formula is C18H25NO3. The van der Waals surface area contributed by atoms with Gasteiger partial charge in [-0.2, -0.15) is 0 Å². The van der Waals surface area contributed by atoms with Gasteiger partial charge in [0.15, 0.2) is 5.54 Å². The number of hydrogen-bond acceptors (Lipinski definition) is 3. The van der Waals surface area contributed by atoms with E-state index in [0.717, 1.165) is 12.8 Å². The summed E-state index contributed by atoms with van der Waals surface area (Å²) in [5.41, 5.74) is 0.129. The quantitative estimate of drug-likeness (QED) is 0.675. The molecule has 0 fully saturated rings. The summed E-state index contributed by atoms with van der Waals surface area (Å²) in [7, 11) is 1.65. The van der Waals surface area contributed by atoms with E-state index in [1.54, 1.807) is 25.5 Å². The molecule has 2 N–H and O–H groups in total. The topological polar surface area (TPSA) is 58.6 Å². The summed E-state index contributed by atoms with van der Waals surface area (Å²) in [4.78, 5) is 11.9. The number of carboxylic acids is 1. The van der Waals surface area contributed by atoms with Gasteiger partial charge in [-0.3, -0.25) is 5.32 Å². The van der Waals surface area contributed by atoms with Crippen LogP contribution >= 0.6 is 0 Å². The lowest BCUT2D eigenvalue weighted by molar-refractivity contribution is -0.141. The second-order valence-electron chi connectivity index (χ2n) is 5.09. The van der Waals surface area contributed by atoms with Crippen LogP contribution in [0.25, 0.3) is 0 Å². The summed E-state index contributed by atoms with van der Waals surface area (Å²) in [6.45, 7) is 4.19.